The summed E-state index contributed by atoms with van der Waals surface area (Å²) in [6.07, 6.45) is 5.16. The van der Waals surface area contributed by atoms with Gasteiger partial charge in [0.05, 0.1) is 7.11 Å². The Morgan fingerprint density at radius 3 is 2.35 bits per heavy atom. The third-order valence-corrected chi connectivity index (χ3v) is 5.46. The molecule has 0 spiro atoms. The zero-order chi connectivity index (χ0) is 14.8. The quantitative estimate of drug-likeness (QED) is 0.845. The highest BCUT2D eigenvalue weighted by Crippen LogP contribution is 2.59. The van der Waals surface area contributed by atoms with Gasteiger partial charge in [0.2, 0.25) is 0 Å². The van der Waals surface area contributed by atoms with Gasteiger partial charge in [-0.2, -0.15) is 0 Å². The van der Waals surface area contributed by atoms with E-state index in [4.69, 9.17) is 4.74 Å². The molecule has 0 atom stereocenters. The third-order valence-electron chi connectivity index (χ3n) is 5.46. The zero-order valence-electron chi connectivity index (χ0n) is 13.7. The first-order valence-electron chi connectivity index (χ1n) is 7.84. The number of benzene rings is 1. The Hall–Kier alpha value is -1.02. The van der Waals surface area contributed by atoms with E-state index in [9.17, 15) is 0 Å². The van der Waals surface area contributed by atoms with Crippen molar-refractivity contribution in [2.75, 3.05) is 20.7 Å². The van der Waals surface area contributed by atoms with E-state index in [1.807, 2.05) is 0 Å². The summed E-state index contributed by atoms with van der Waals surface area (Å²) >= 11 is 0. The molecule has 112 valence electrons. The van der Waals surface area contributed by atoms with Crippen LogP contribution in [0.4, 0.5) is 0 Å². The fourth-order valence-electron chi connectivity index (χ4n) is 4.05. The first-order chi connectivity index (χ1) is 9.54. The Labute approximate surface area is 123 Å². The van der Waals surface area contributed by atoms with Gasteiger partial charge in [-0.15, -0.1) is 0 Å². The predicted molar refractivity (Wildman–Crippen MR) is 85.6 cm³/mol. The number of hydrogen-bond acceptors (Lipinski definition) is 2. The summed E-state index contributed by atoms with van der Waals surface area (Å²) in [6.45, 7) is 7.84. The van der Waals surface area contributed by atoms with Gasteiger partial charge in [-0.25, -0.2) is 0 Å². The highest BCUT2D eigenvalue weighted by molar-refractivity contribution is 5.42. The van der Waals surface area contributed by atoms with Crippen LogP contribution in [-0.4, -0.2) is 20.7 Å². The molecule has 2 heteroatoms. The first-order valence-corrected chi connectivity index (χ1v) is 7.84. The maximum Gasteiger partial charge on any atom is 0.122 e. The molecular weight excluding hydrogens is 246 g/mol. The van der Waals surface area contributed by atoms with Crippen LogP contribution in [0.2, 0.25) is 0 Å². The number of nitrogens with one attached hydrogen (secondary N) is 1. The van der Waals surface area contributed by atoms with Crippen molar-refractivity contribution >= 4 is 0 Å². The summed E-state index contributed by atoms with van der Waals surface area (Å²) < 4.78 is 5.51. The van der Waals surface area contributed by atoms with Crippen LogP contribution in [0.15, 0.2) is 18.2 Å². The monoisotopic (exact) mass is 275 g/mol. The van der Waals surface area contributed by atoms with Gasteiger partial charge in [-0.3, -0.25) is 0 Å². The molecule has 1 aromatic rings. The molecule has 0 aromatic heterocycles. The largest absolute Gasteiger partial charge is 0.496 e. The third kappa shape index (κ3) is 2.46. The molecule has 2 rings (SSSR count). The predicted octanol–water partition coefficient (Wildman–Crippen LogP) is 4.06. The number of hydrogen-bond donors (Lipinski definition) is 1. The molecule has 0 amide bonds. The second-order valence-electron chi connectivity index (χ2n) is 6.56. The van der Waals surface area contributed by atoms with Crippen molar-refractivity contribution < 1.29 is 4.74 Å². The van der Waals surface area contributed by atoms with Crippen LogP contribution in [0.5, 0.6) is 5.75 Å². The summed E-state index contributed by atoms with van der Waals surface area (Å²) in [6, 6.07) is 6.75. The van der Waals surface area contributed by atoms with Gasteiger partial charge in [0, 0.05) is 12.0 Å². The van der Waals surface area contributed by atoms with Gasteiger partial charge < -0.3 is 10.1 Å². The molecule has 0 radical (unpaired) electrons. The molecule has 1 fully saturated rings. The number of rotatable bonds is 6. The van der Waals surface area contributed by atoms with Crippen LogP contribution in [0.1, 0.15) is 50.7 Å². The van der Waals surface area contributed by atoms with Crippen molar-refractivity contribution in [1.29, 1.82) is 0 Å². The van der Waals surface area contributed by atoms with Gasteiger partial charge in [-0.05, 0) is 49.4 Å². The lowest BCUT2D eigenvalue weighted by molar-refractivity contribution is 0.0139. The second-order valence-corrected chi connectivity index (χ2v) is 6.56. The molecule has 1 N–H and O–H groups in total. The van der Waals surface area contributed by atoms with E-state index < -0.39 is 0 Å². The summed E-state index contributed by atoms with van der Waals surface area (Å²) in [5.74, 6) is 1.02. The molecule has 1 saturated carbocycles. The van der Waals surface area contributed by atoms with Crippen LogP contribution in [0.3, 0.4) is 0 Å². The Bertz CT molecular complexity index is 454. The van der Waals surface area contributed by atoms with E-state index in [0.29, 0.717) is 10.8 Å². The summed E-state index contributed by atoms with van der Waals surface area (Å²) in [4.78, 5) is 0. The fraction of sp³-hybridized carbons (Fsp3) is 0.667. The van der Waals surface area contributed by atoms with Crippen LogP contribution in [0.25, 0.3) is 0 Å². The smallest absolute Gasteiger partial charge is 0.122 e. The molecule has 0 saturated heterocycles. The lowest BCUT2D eigenvalue weighted by Gasteiger charge is -2.57. The van der Waals surface area contributed by atoms with Gasteiger partial charge >= 0.3 is 0 Å². The molecule has 1 aliphatic carbocycles. The van der Waals surface area contributed by atoms with Gasteiger partial charge in [0.25, 0.3) is 0 Å². The van der Waals surface area contributed by atoms with E-state index in [2.05, 4.69) is 51.3 Å². The minimum absolute atomic E-state index is 0.293. The zero-order valence-corrected chi connectivity index (χ0v) is 13.7. The van der Waals surface area contributed by atoms with E-state index in [0.717, 1.165) is 12.3 Å². The normalized spacial score (nSPS) is 19.4. The molecule has 0 aliphatic heterocycles. The Balaban J connectivity index is 2.31. The first kappa shape index (κ1) is 15.4. The summed E-state index contributed by atoms with van der Waals surface area (Å²) in [5, 5.41) is 3.41. The maximum absolute atomic E-state index is 5.51. The SMILES string of the molecule is CCC1(CC)CC(CNC)(c2ccc(C)c(OC)c2)C1. The number of aryl methyl sites for hydroxylation is 1. The highest BCUT2D eigenvalue weighted by Gasteiger charge is 2.52. The van der Waals surface area contributed by atoms with Crippen molar-refractivity contribution in [3.8, 4) is 5.75 Å². The van der Waals surface area contributed by atoms with Gasteiger partial charge in [0.1, 0.15) is 5.75 Å². The number of ether oxygens (including phenoxy) is 1. The average molecular weight is 275 g/mol. The fourth-order valence-corrected chi connectivity index (χ4v) is 4.05. The van der Waals surface area contributed by atoms with Crippen molar-refractivity contribution in [3.63, 3.8) is 0 Å². The van der Waals surface area contributed by atoms with E-state index >= 15 is 0 Å². The van der Waals surface area contributed by atoms with E-state index in [-0.39, 0.29) is 0 Å². The molecule has 0 heterocycles. The van der Waals surface area contributed by atoms with Crippen molar-refractivity contribution in [2.45, 2.75) is 51.9 Å². The molecule has 0 bridgehead atoms. The van der Waals surface area contributed by atoms with Gasteiger partial charge in [0.15, 0.2) is 0 Å². The summed E-state index contributed by atoms with van der Waals surface area (Å²) in [7, 11) is 3.82. The van der Waals surface area contributed by atoms with Crippen LogP contribution >= 0.6 is 0 Å². The second kappa shape index (κ2) is 5.77. The van der Waals surface area contributed by atoms with Crippen molar-refractivity contribution in [1.82, 2.24) is 5.32 Å². The Morgan fingerprint density at radius 2 is 1.85 bits per heavy atom. The lowest BCUT2D eigenvalue weighted by atomic mass is 9.48. The Kier molecular flexibility index (Phi) is 4.43. The van der Waals surface area contributed by atoms with Crippen LogP contribution < -0.4 is 10.1 Å². The van der Waals surface area contributed by atoms with Gasteiger partial charge in [-0.1, -0.05) is 38.8 Å². The van der Waals surface area contributed by atoms with Crippen LogP contribution in [0, 0.1) is 12.3 Å². The molecular formula is C18H29NO. The van der Waals surface area contributed by atoms with Crippen LogP contribution in [-0.2, 0) is 5.41 Å². The van der Waals surface area contributed by atoms with Crippen molar-refractivity contribution in [3.05, 3.63) is 29.3 Å². The standard InChI is InChI=1S/C18H29NO/c1-6-17(7-2)11-18(12-17,13-19-4)15-9-8-14(3)16(10-15)20-5/h8-10,19H,6-7,11-13H2,1-5H3. The highest BCUT2D eigenvalue weighted by atomic mass is 16.5. The average Bonchev–Trinajstić information content (AvgIpc) is 2.43. The van der Waals surface area contributed by atoms with E-state index in [1.54, 1.807) is 7.11 Å². The van der Waals surface area contributed by atoms with E-state index in [1.165, 1.54) is 36.8 Å². The molecule has 20 heavy (non-hydrogen) atoms. The summed E-state index contributed by atoms with van der Waals surface area (Å²) in [5.41, 5.74) is 3.50. The number of methoxy groups -OCH3 is 1. The van der Waals surface area contributed by atoms with Crippen molar-refractivity contribution in [2.24, 2.45) is 5.41 Å². The molecule has 0 unspecified atom stereocenters. The minimum atomic E-state index is 0.293. The lowest BCUT2D eigenvalue weighted by Crippen LogP contribution is -2.54. The molecule has 2 nitrogen and oxygen atoms in total. The number of likely N-dealkylation sites (N-methyl/N-ethyl adjacent to an activating group) is 1. The topological polar surface area (TPSA) is 21.3 Å². The maximum atomic E-state index is 5.51. The minimum Gasteiger partial charge on any atom is -0.496 e. The molecule has 1 aliphatic rings. The molecule has 1 aromatic carbocycles. The Morgan fingerprint density at radius 1 is 1.20 bits per heavy atom.